The molecule has 0 radical (unpaired) electrons. The van der Waals surface area contributed by atoms with Crippen LogP contribution in [0.3, 0.4) is 0 Å². The summed E-state index contributed by atoms with van der Waals surface area (Å²) in [6.07, 6.45) is 1.24. The lowest BCUT2D eigenvalue weighted by Gasteiger charge is -2.14. The molecule has 2 aromatic rings. The number of halogens is 1. The van der Waals surface area contributed by atoms with Gasteiger partial charge in [-0.25, -0.2) is 4.98 Å². The fraction of sp³-hybridized carbons (Fsp3) is 0.312. The van der Waals surface area contributed by atoms with Gasteiger partial charge < -0.3 is 9.84 Å². The molecule has 0 bridgehead atoms. The molecule has 0 aliphatic rings. The molecule has 21 heavy (non-hydrogen) atoms. The number of benzene rings is 1. The Labute approximate surface area is 136 Å². The van der Waals surface area contributed by atoms with Crippen LogP contribution in [0.1, 0.15) is 11.1 Å². The van der Waals surface area contributed by atoms with Crippen LogP contribution in [-0.2, 0) is 0 Å². The van der Waals surface area contributed by atoms with E-state index in [1.807, 2.05) is 44.2 Å². The maximum absolute atomic E-state index is 9.96. The molecule has 0 amide bonds. The number of aliphatic hydroxyl groups is 1. The van der Waals surface area contributed by atoms with Gasteiger partial charge in [0.05, 0.1) is 11.1 Å². The number of hydrogen-bond acceptors (Lipinski definition) is 4. The van der Waals surface area contributed by atoms with Crippen LogP contribution in [0.2, 0.25) is 0 Å². The molecule has 1 heterocycles. The maximum Gasteiger partial charge on any atom is 0.122 e. The average molecular weight is 326 g/mol. The Morgan fingerprint density at radius 3 is 2.76 bits per heavy atom. The molecule has 0 saturated carbocycles. The van der Waals surface area contributed by atoms with Crippen molar-refractivity contribution < 1.29 is 9.84 Å². The van der Waals surface area contributed by atoms with Crippen LogP contribution in [-0.4, -0.2) is 28.6 Å². The largest absolute Gasteiger partial charge is 0.491 e. The van der Waals surface area contributed by atoms with Gasteiger partial charge in [0.25, 0.3) is 0 Å². The lowest BCUT2D eigenvalue weighted by atomic mass is 10.1. The second-order valence-electron chi connectivity index (χ2n) is 4.71. The Bertz CT molecular complexity index is 551. The van der Waals surface area contributed by atoms with E-state index in [1.54, 1.807) is 6.20 Å². The van der Waals surface area contributed by atoms with Crippen molar-refractivity contribution in [2.24, 2.45) is 0 Å². The van der Waals surface area contributed by atoms with Crippen LogP contribution in [0, 0.1) is 13.8 Å². The summed E-state index contributed by atoms with van der Waals surface area (Å²) >= 11 is 1.53. The van der Waals surface area contributed by atoms with Crippen molar-refractivity contribution >= 4 is 24.2 Å². The third-order valence-electron chi connectivity index (χ3n) is 2.84. The number of rotatable bonds is 6. The molecular weight excluding hydrogens is 306 g/mol. The number of aromatic nitrogens is 1. The number of pyridine rings is 1. The zero-order valence-electron chi connectivity index (χ0n) is 12.2. The molecule has 1 aromatic carbocycles. The molecule has 114 valence electrons. The van der Waals surface area contributed by atoms with E-state index in [4.69, 9.17) is 4.74 Å². The summed E-state index contributed by atoms with van der Waals surface area (Å²) < 4.78 is 5.68. The van der Waals surface area contributed by atoms with Gasteiger partial charge in [0.2, 0.25) is 0 Å². The smallest absolute Gasteiger partial charge is 0.122 e. The summed E-state index contributed by atoms with van der Waals surface area (Å²) in [5, 5.41) is 10.9. The summed E-state index contributed by atoms with van der Waals surface area (Å²) in [6.45, 7) is 4.33. The van der Waals surface area contributed by atoms with Crippen LogP contribution in [0.25, 0.3) is 0 Å². The number of aliphatic hydroxyl groups excluding tert-OH is 1. The average Bonchev–Trinajstić information content (AvgIpc) is 2.47. The highest BCUT2D eigenvalue weighted by molar-refractivity contribution is 7.99. The standard InChI is InChI=1S/C16H19NO2S.ClH/c1-12-6-7-13(2)15(9-12)19-10-14(18)11-20-16-5-3-4-8-17-16;/h3-9,14,18H,10-11H2,1-2H3;1H. The van der Waals surface area contributed by atoms with Gasteiger partial charge in [-0.1, -0.05) is 18.2 Å². The molecule has 0 aliphatic heterocycles. The summed E-state index contributed by atoms with van der Waals surface area (Å²) in [5.74, 6) is 1.41. The first kappa shape index (κ1) is 17.8. The Morgan fingerprint density at radius 2 is 2.05 bits per heavy atom. The van der Waals surface area contributed by atoms with Gasteiger partial charge in [-0.3, -0.25) is 0 Å². The van der Waals surface area contributed by atoms with Crippen molar-refractivity contribution in [1.29, 1.82) is 0 Å². The minimum absolute atomic E-state index is 0. The first-order chi connectivity index (χ1) is 9.65. The second kappa shape index (κ2) is 8.93. The lowest BCUT2D eigenvalue weighted by molar-refractivity contribution is 0.126. The van der Waals surface area contributed by atoms with E-state index in [2.05, 4.69) is 11.1 Å². The molecule has 0 saturated heterocycles. The van der Waals surface area contributed by atoms with Crippen molar-refractivity contribution in [3.63, 3.8) is 0 Å². The highest BCUT2D eigenvalue weighted by atomic mass is 35.5. The Kier molecular flexibility index (Phi) is 7.57. The molecule has 1 unspecified atom stereocenters. The van der Waals surface area contributed by atoms with Crippen molar-refractivity contribution in [2.45, 2.75) is 25.0 Å². The minimum atomic E-state index is -0.512. The fourth-order valence-corrected chi connectivity index (χ4v) is 2.48. The first-order valence-corrected chi connectivity index (χ1v) is 7.55. The molecule has 1 atom stereocenters. The van der Waals surface area contributed by atoms with E-state index in [1.165, 1.54) is 11.8 Å². The van der Waals surface area contributed by atoms with E-state index in [-0.39, 0.29) is 12.4 Å². The third kappa shape index (κ3) is 5.96. The molecular formula is C16H20ClNO2S. The normalized spacial score (nSPS) is 11.6. The van der Waals surface area contributed by atoms with Crippen LogP contribution in [0.5, 0.6) is 5.75 Å². The van der Waals surface area contributed by atoms with Crippen molar-refractivity contribution in [3.8, 4) is 5.75 Å². The van der Waals surface area contributed by atoms with E-state index < -0.39 is 6.10 Å². The Hall–Kier alpha value is -1.23. The molecule has 0 spiro atoms. The van der Waals surface area contributed by atoms with E-state index in [0.717, 1.165) is 21.9 Å². The SMILES string of the molecule is Cc1ccc(C)c(OCC(O)CSc2ccccn2)c1.Cl. The van der Waals surface area contributed by atoms with Gasteiger partial charge in [-0.2, -0.15) is 0 Å². The maximum atomic E-state index is 9.96. The van der Waals surface area contributed by atoms with Crippen molar-refractivity contribution in [1.82, 2.24) is 4.98 Å². The molecule has 0 aliphatic carbocycles. The van der Waals surface area contributed by atoms with E-state index in [9.17, 15) is 5.11 Å². The van der Waals surface area contributed by atoms with Crippen LogP contribution in [0.15, 0.2) is 47.6 Å². The van der Waals surface area contributed by atoms with Gasteiger partial charge in [-0.05, 0) is 43.2 Å². The molecule has 2 rings (SSSR count). The highest BCUT2D eigenvalue weighted by Gasteiger charge is 2.08. The van der Waals surface area contributed by atoms with Crippen molar-refractivity contribution in [3.05, 3.63) is 53.7 Å². The molecule has 1 N–H and O–H groups in total. The summed E-state index contributed by atoms with van der Waals surface area (Å²) in [5.41, 5.74) is 2.24. The number of nitrogens with zero attached hydrogens (tertiary/aromatic N) is 1. The van der Waals surface area contributed by atoms with Gasteiger partial charge in [-0.15, -0.1) is 24.2 Å². The summed E-state index contributed by atoms with van der Waals surface area (Å²) in [4.78, 5) is 4.21. The Morgan fingerprint density at radius 1 is 1.24 bits per heavy atom. The second-order valence-corrected chi connectivity index (χ2v) is 5.75. The van der Waals surface area contributed by atoms with Gasteiger partial charge in [0.15, 0.2) is 0 Å². The van der Waals surface area contributed by atoms with E-state index >= 15 is 0 Å². The summed E-state index contributed by atoms with van der Waals surface area (Å²) in [6, 6.07) is 11.8. The molecule has 1 aromatic heterocycles. The Balaban J connectivity index is 0.00000220. The minimum Gasteiger partial charge on any atom is -0.491 e. The first-order valence-electron chi connectivity index (χ1n) is 6.57. The van der Waals surface area contributed by atoms with Crippen molar-refractivity contribution in [2.75, 3.05) is 12.4 Å². The molecule has 3 nitrogen and oxygen atoms in total. The van der Waals surface area contributed by atoms with E-state index in [0.29, 0.717) is 12.4 Å². The monoisotopic (exact) mass is 325 g/mol. The van der Waals surface area contributed by atoms with Crippen LogP contribution < -0.4 is 4.74 Å². The highest BCUT2D eigenvalue weighted by Crippen LogP contribution is 2.20. The van der Waals surface area contributed by atoms with Gasteiger partial charge in [0, 0.05) is 11.9 Å². The fourth-order valence-electron chi connectivity index (χ4n) is 1.71. The zero-order chi connectivity index (χ0) is 14.4. The van der Waals surface area contributed by atoms with Gasteiger partial charge >= 0.3 is 0 Å². The quantitative estimate of drug-likeness (QED) is 0.823. The number of hydrogen-bond donors (Lipinski definition) is 1. The lowest BCUT2D eigenvalue weighted by Crippen LogP contribution is -2.20. The molecule has 0 fully saturated rings. The van der Waals surface area contributed by atoms with Crippen LogP contribution >= 0.6 is 24.2 Å². The predicted molar refractivity (Wildman–Crippen MR) is 89.6 cm³/mol. The zero-order valence-corrected chi connectivity index (χ0v) is 13.8. The number of ether oxygens (including phenoxy) is 1. The van der Waals surface area contributed by atoms with Gasteiger partial charge in [0.1, 0.15) is 12.4 Å². The molecule has 5 heteroatoms. The van der Waals surface area contributed by atoms with Crippen LogP contribution in [0.4, 0.5) is 0 Å². The summed E-state index contributed by atoms with van der Waals surface area (Å²) in [7, 11) is 0. The third-order valence-corrected chi connectivity index (χ3v) is 3.92. The topological polar surface area (TPSA) is 42.4 Å². The number of aryl methyl sites for hydroxylation is 2. The predicted octanol–water partition coefficient (Wildman–Crippen LogP) is 3.65. The number of thioether (sulfide) groups is 1.